The van der Waals surface area contributed by atoms with E-state index in [9.17, 15) is 9.18 Å². The zero-order valence-electron chi connectivity index (χ0n) is 15.3. The van der Waals surface area contributed by atoms with Crippen molar-refractivity contribution in [3.63, 3.8) is 0 Å². The van der Waals surface area contributed by atoms with E-state index in [0.717, 1.165) is 5.75 Å². The predicted octanol–water partition coefficient (Wildman–Crippen LogP) is 4.23. The maximum Gasteiger partial charge on any atom is 0.247 e. The summed E-state index contributed by atoms with van der Waals surface area (Å²) >= 11 is 1.44. The zero-order valence-corrected chi connectivity index (χ0v) is 16.1. The van der Waals surface area contributed by atoms with Gasteiger partial charge in [-0.05, 0) is 24.0 Å². The molecule has 142 valence electrons. The SMILES string of the molecule is CCSc1nnc2c(n1)O[C@@H](c1cccc(F)c1)N(C(C)=O)c1ccccc1-2. The second kappa shape index (κ2) is 7.55. The van der Waals surface area contributed by atoms with Crippen LogP contribution in [0.1, 0.15) is 25.6 Å². The fraction of sp³-hybridized carbons (Fsp3) is 0.200. The third-order valence-electron chi connectivity index (χ3n) is 4.26. The molecular weight excluding hydrogens is 379 g/mol. The number of hydrogen-bond donors (Lipinski definition) is 0. The molecule has 0 saturated heterocycles. The van der Waals surface area contributed by atoms with E-state index in [2.05, 4.69) is 15.2 Å². The van der Waals surface area contributed by atoms with Gasteiger partial charge in [0, 0.05) is 18.1 Å². The van der Waals surface area contributed by atoms with Crippen molar-refractivity contribution in [1.29, 1.82) is 0 Å². The van der Waals surface area contributed by atoms with Crippen LogP contribution in [0.5, 0.6) is 5.88 Å². The Morgan fingerprint density at radius 2 is 2.04 bits per heavy atom. The number of hydrogen-bond acceptors (Lipinski definition) is 6. The van der Waals surface area contributed by atoms with E-state index >= 15 is 0 Å². The lowest BCUT2D eigenvalue weighted by atomic mass is 10.1. The molecule has 4 rings (SSSR count). The Morgan fingerprint density at radius 3 is 2.79 bits per heavy atom. The van der Waals surface area contributed by atoms with E-state index in [1.54, 1.807) is 18.2 Å². The van der Waals surface area contributed by atoms with Gasteiger partial charge in [0.2, 0.25) is 23.2 Å². The van der Waals surface area contributed by atoms with E-state index in [0.29, 0.717) is 27.7 Å². The summed E-state index contributed by atoms with van der Waals surface area (Å²) in [6, 6.07) is 13.3. The molecule has 0 spiro atoms. The maximum atomic E-state index is 13.9. The van der Waals surface area contributed by atoms with Crippen LogP contribution < -0.4 is 9.64 Å². The lowest BCUT2D eigenvalue weighted by molar-refractivity contribution is -0.118. The Morgan fingerprint density at radius 1 is 1.21 bits per heavy atom. The highest BCUT2D eigenvalue weighted by Crippen LogP contribution is 2.43. The highest BCUT2D eigenvalue weighted by Gasteiger charge is 2.34. The van der Waals surface area contributed by atoms with Crippen LogP contribution in [0, 0.1) is 5.82 Å². The number of ether oxygens (including phenoxy) is 1. The third-order valence-corrected chi connectivity index (χ3v) is 4.98. The molecule has 0 N–H and O–H groups in total. The van der Waals surface area contributed by atoms with Crippen LogP contribution in [-0.4, -0.2) is 26.8 Å². The van der Waals surface area contributed by atoms with Crippen molar-refractivity contribution in [1.82, 2.24) is 15.2 Å². The molecule has 2 heterocycles. The van der Waals surface area contributed by atoms with E-state index in [-0.39, 0.29) is 11.8 Å². The number of para-hydroxylation sites is 1. The molecule has 1 aliphatic heterocycles. The summed E-state index contributed by atoms with van der Waals surface area (Å²) in [5.74, 6) is 0.386. The van der Waals surface area contributed by atoms with Gasteiger partial charge in [0.15, 0.2) is 5.69 Å². The van der Waals surface area contributed by atoms with Crippen LogP contribution in [0.15, 0.2) is 53.7 Å². The van der Waals surface area contributed by atoms with Gasteiger partial charge in [0.05, 0.1) is 5.69 Å². The van der Waals surface area contributed by atoms with Crippen LogP contribution in [0.3, 0.4) is 0 Å². The Kier molecular flexibility index (Phi) is 4.95. The molecule has 1 atom stereocenters. The fourth-order valence-corrected chi connectivity index (χ4v) is 3.62. The van der Waals surface area contributed by atoms with Crippen molar-refractivity contribution < 1.29 is 13.9 Å². The van der Waals surface area contributed by atoms with E-state index < -0.39 is 12.0 Å². The molecule has 1 aromatic heterocycles. The van der Waals surface area contributed by atoms with E-state index in [1.807, 2.05) is 25.1 Å². The van der Waals surface area contributed by atoms with Gasteiger partial charge < -0.3 is 4.74 Å². The highest BCUT2D eigenvalue weighted by molar-refractivity contribution is 7.99. The third kappa shape index (κ3) is 3.31. The molecule has 6 nitrogen and oxygen atoms in total. The molecule has 2 aromatic carbocycles. The van der Waals surface area contributed by atoms with Crippen LogP contribution >= 0.6 is 11.8 Å². The Labute approximate surface area is 165 Å². The summed E-state index contributed by atoms with van der Waals surface area (Å²) in [7, 11) is 0. The molecule has 1 aliphatic rings. The molecule has 0 fully saturated rings. The minimum absolute atomic E-state index is 0.245. The molecule has 0 bridgehead atoms. The number of aromatic nitrogens is 3. The summed E-state index contributed by atoms with van der Waals surface area (Å²) in [5.41, 5.74) is 2.23. The maximum absolute atomic E-state index is 13.9. The smallest absolute Gasteiger partial charge is 0.247 e. The van der Waals surface area contributed by atoms with Crippen LogP contribution in [0.2, 0.25) is 0 Å². The molecule has 0 saturated carbocycles. The van der Waals surface area contributed by atoms with Gasteiger partial charge in [-0.15, -0.1) is 10.2 Å². The summed E-state index contributed by atoms with van der Waals surface area (Å²) in [6.45, 7) is 3.43. The Bertz CT molecular complexity index is 1050. The quantitative estimate of drug-likeness (QED) is 0.617. The number of nitrogens with zero attached hydrogens (tertiary/aromatic N) is 4. The monoisotopic (exact) mass is 396 g/mol. The van der Waals surface area contributed by atoms with Crippen LogP contribution in [0.4, 0.5) is 10.1 Å². The first-order valence-electron chi connectivity index (χ1n) is 8.77. The summed E-state index contributed by atoms with van der Waals surface area (Å²) < 4.78 is 20.1. The first kappa shape index (κ1) is 18.4. The van der Waals surface area contributed by atoms with Crippen molar-refractivity contribution in [3.8, 4) is 17.1 Å². The van der Waals surface area contributed by atoms with Crippen molar-refractivity contribution in [2.75, 3.05) is 10.7 Å². The first-order chi connectivity index (χ1) is 13.6. The summed E-state index contributed by atoms with van der Waals surface area (Å²) in [6.07, 6.45) is -0.883. The average Bonchev–Trinajstić information content (AvgIpc) is 2.82. The molecule has 3 aromatic rings. The standard InChI is InChI=1S/C20H17FN4O2S/c1-3-28-20-22-18-17(23-24-20)15-9-4-5-10-16(15)25(12(2)26)19(27-18)13-7-6-8-14(21)11-13/h4-11,19H,3H2,1-2H3/t19-/m0/s1. The van der Waals surface area contributed by atoms with E-state index in [1.165, 1.54) is 35.7 Å². The van der Waals surface area contributed by atoms with Crippen LogP contribution in [0.25, 0.3) is 11.3 Å². The minimum atomic E-state index is -0.883. The number of thioether (sulfide) groups is 1. The molecular formula is C20H17FN4O2S. The lowest BCUT2D eigenvalue weighted by Crippen LogP contribution is -2.36. The van der Waals surface area contributed by atoms with Gasteiger partial charge in [-0.2, -0.15) is 4.98 Å². The van der Waals surface area contributed by atoms with Gasteiger partial charge in [0.25, 0.3) is 0 Å². The van der Waals surface area contributed by atoms with Crippen molar-refractivity contribution >= 4 is 23.4 Å². The fourth-order valence-electron chi connectivity index (χ4n) is 3.12. The van der Waals surface area contributed by atoms with Gasteiger partial charge in [-0.1, -0.05) is 49.0 Å². The second-order valence-electron chi connectivity index (χ2n) is 6.11. The number of benzene rings is 2. The lowest BCUT2D eigenvalue weighted by Gasteiger charge is -2.29. The van der Waals surface area contributed by atoms with Crippen molar-refractivity contribution in [2.24, 2.45) is 0 Å². The molecule has 28 heavy (non-hydrogen) atoms. The summed E-state index contributed by atoms with van der Waals surface area (Å²) in [5, 5.41) is 8.95. The molecule has 0 aliphatic carbocycles. The Balaban J connectivity index is 1.95. The molecule has 1 amide bonds. The number of halogens is 1. The number of rotatable bonds is 3. The molecule has 0 unspecified atom stereocenters. The summed E-state index contributed by atoms with van der Waals surface area (Å²) in [4.78, 5) is 18.6. The average molecular weight is 396 g/mol. The highest BCUT2D eigenvalue weighted by atomic mass is 32.2. The number of carbonyl (C=O) groups is 1. The van der Waals surface area contributed by atoms with Crippen molar-refractivity contribution in [2.45, 2.75) is 25.2 Å². The Hall–Kier alpha value is -3.00. The van der Waals surface area contributed by atoms with Gasteiger partial charge in [-0.25, -0.2) is 4.39 Å². The normalized spacial score (nSPS) is 15.2. The molecule has 0 radical (unpaired) electrons. The predicted molar refractivity (Wildman–Crippen MR) is 105 cm³/mol. The van der Waals surface area contributed by atoms with Gasteiger partial charge >= 0.3 is 0 Å². The topological polar surface area (TPSA) is 68.2 Å². The zero-order chi connectivity index (χ0) is 19.7. The largest absolute Gasteiger partial charge is 0.447 e. The van der Waals surface area contributed by atoms with Gasteiger partial charge in [0.1, 0.15) is 5.82 Å². The van der Waals surface area contributed by atoms with Crippen molar-refractivity contribution in [3.05, 3.63) is 59.9 Å². The number of anilines is 1. The van der Waals surface area contributed by atoms with Crippen LogP contribution in [-0.2, 0) is 4.79 Å². The minimum Gasteiger partial charge on any atom is -0.447 e. The van der Waals surface area contributed by atoms with E-state index in [4.69, 9.17) is 4.74 Å². The number of carbonyl (C=O) groups excluding carboxylic acids is 1. The number of fused-ring (bicyclic) bond motifs is 3. The second-order valence-corrected chi connectivity index (χ2v) is 7.34. The first-order valence-corrected chi connectivity index (χ1v) is 9.76. The van der Waals surface area contributed by atoms with Gasteiger partial charge in [-0.3, -0.25) is 9.69 Å². The molecule has 8 heteroatoms. The number of amides is 1.